The van der Waals surface area contributed by atoms with Crippen molar-refractivity contribution in [2.24, 2.45) is 0 Å². The molecular weight excluding hydrogens is 296 g/mol. The lowest BCUT2D eigenvalue weighted by Gasteiger charge is -2.29. The number of hydrogen-bond acceptors (Lipinski definition) is 2. The van der Waals surface area contributed by atoms with Gasteiger partial charge in [-0.25, -0.2) is 0 Å². The minimum atomic E-state index is -1.70. The highest BCUT2D eigenvalue weighted by Gasteiger charge is 2.36. The van der Waals surface area contributed by atoms with Crippen molar-refractivity contribution < 1.29 is 10.2 Å². The lowest BCUT2D eigenvalue weighted by atomic mass is 9.84. The number of benzene rings is 3. The van der Waals surface area contributed by atoms with Crippen molar-refractivity contribution in [3.63, 3.8) is 0 Å². The van der Waals surface area contributed by atoms with E-state index in [-0.39, 0.29) is 0 Å². The van der Waals surface area contributed by atoms with E-state index < -0.39 is 11.7 Å². The summed E-state index contributed by atoms with van der Waals surface area (Å²) in [4.78, 5) is 0. The maximum atomic E-state index is 11.2. The lowest BCUT2D eigenvalue weighted by molar-refractivity contribution is -0.0383. The Morgan fingerprint density at radius 3 is 1.79 bits per heavy atom. The first kappa shape index (κ1) is 16.0. The molecule has 0 unspecified atom stereocenters. The molecule has 0 fully saturated rings. The zero-order valence-electron chi connectivity index (χ0n) is 13.1. The number of hydrogen-bond donors (Lipinski definition) is 2. The maximum Gasteiger partial charge on any atom is 0.181 e. The maximum absolute atomic E-state index is 11.2. The molecule has 0 aliphatic carbocycles. The summed E-state index contributed by atoms with van der Waals surface area (Å²) in [5.41, 5.74) is 0.265. The van der Waals surface area contributed by atoms with Crippen LogP contribution in [0.5, 0.6) is 0 Å². The second-order valence-corrected chi connectivity index (χ2v) is 5.56. The SMILES string of the molecule is O[C@H](c1ccccc1)[C@](O)(C#Cc1ccccc1)c1ccccc1. The second kappa shape index (κ2) is 7.14. The van der Waals surface area contributed by atoms with E-state index in [9.17, 15) is 10.2 Å². The molecule has 118 valence electrons. The third-order valence-electron chi connectivity index (χ3n) is 3.90. The van der Waals surface area contributed by atoms with Crippen molar-refractivity contribution in [1.29, 1.82) is 0 Å². The van der Waals surface area contributed by atoms with Crippen LogP contribution in [0.4, 0.5) is 0 Å². The van der Waals surface area contributed by atoms with Gasteiger partial charge in [-0.1, -0.05) is 90.7 Å². The number of rotatable bonds is 3. The zero-order chi connectivity index (χ0) is 16.8. The van der Waals surface area contributed by atoms with Gasteiger partial charge in [0.1, 0.15) is 6.10 Å². The van der Waals surface area contributed by atoms with Gasteiger partial charge in [-0.05, 0) is 23.3 Å². The molecule has 2 atom stereocenters. The standard InChI is InChI=1S/C22H18O2/c23-21(19-12-6-2-7-13-19)22(24,20-14-8-3-9-15-20)17-16-18-10-4-1-5-11-18/h1-15,21,23-24H/t21-,22+/m1/s1. The molecule has 0 aromatic heterocycles. The Balaban J connectivity index is 2.07. The van der Waals surface area contributed by atoms with E-state index in [1.165, 1.54) is 0 Å². The smallest absolute Gasteiger partial charge is 0.181 e. The average molecular weight is 314 g/mol. The lowest BCUT2D eigenvalue weighted by Crippen LogP contribution is -2.32. The van der Waals surface area contributed by atoms with Gasteiger partial charge >= 0.3 is 0 Å². The molecule has 0 saturated heterocycles. The number of aliphatic hydroxyl groups excluding tert-OH is 1. The van der Waals surface area contributed by atoms with Crippen LogP contribution in [0.1, 0.15) is 22.8 Å². The Morgan fingerprint density at radius 2 is 1.21 bits per heavy atom. The fourth-order valence-electron chi connectivity index (χ4n) is 2.56. The third kappa shape index (κ3) is 3.38. The van der Waals surface area contributed by atoms with E-state index in [1.807, 2.05) is 66.7 Å². The van der Waals surface area contributed by atoms with Gasteiger partial charge in [0.2, 0.25) is 0 Å². The second-order valence-electron chi connectivity index (χ2n) is 5.56. The molecule has 0 radical (unpaired) electrons. The summed E-state index contributed by atoms with van der Waals surface area (Å²) in [6, 6.07) is 27.6. The molecule has 3 rings (SSSR count). The molecule has 0 amide bonds. The predicted octanol–water partition coefficient (Wildman–Crippen LogP) is 3.66. The average Bonchev–Trinajstić information content (AvgIpc) is 2.68. The Morgan fingerprint density at radius 1 is 0.708 bits per heavy atom. The highest BCUT2D eigenvalue weighted by Crippen LogP contribution is 2.34. The normalized spacial score (nSPS) is 14.1. The van der Waals surface area contributed by atoms with Gasteiger partial charge in [0.15, 0.2) is 5.60 Å². The van der Waals surface area contributed by atoms with Crippen LogP contribution in [-0.4, -0.2) is 10.2 Å². The van der Waals surface area contributed by atoms with Gasteiger partial charge in [0.05, 0.1) is 0 Å². The van der Waals surface area contributed by atoms with Gasteiger partial charge in [0.25, 0.3) is 0 Å². The van der Waals surface area contributed by atoms with Crippen LogP contribution in [0.2, 0.25) is 0 Å². The van der Waals surface area contributed by atoms with Gasteiger partial charge in [-0.3, -0.25) is 0 Å². The van der Waals surface area contributed by atoms with E-state index in [0.717, 1.165) is 5.56 Å². The predicted molar refractivity (Wildman–Crippen MR) is 95.1 cm³/mol. The molecule has 0 aliphatic rings. The van der Waals surface area contributed by atoms with E-state index in [1.54, 1.807) is 24.3 Å². The minimum absolute atomic E-state index is 0.560. The summed E-state index contributed by atoms with van der Waals surface area (Å²) in [5.74, 6) is 5.86. The van der Waals surface area contributed by atoms with Crippen LogP contribution >= 0.6 is 0 Å². The summed E-state index contributed by atoms with van der Waals surface area (Å²) in [6.07, 6.45) is -1.16. The van der Waals surface area contributed by atoms with E-state index in [0.29, 0.717) is 11.1 Å². The number of aliphatic hydroxyl groups is 2. The van der Waals surface area contributed by atoms with E-state index in [4.69, 9.17) is 0 Å². The van der Waals surface area contributed by atoms with Crippen molar-refractivity contribution in [3.05, 3.63) is 108 Å². The zero-order valence-corrected chi connectivity index (χ0v) is 13.1. The Bertz CT molecular complexity index is 833. The fraction of sp³-hybridized carbons (Fsp3) is 0.0909. The van der Waals surface area contributed by atoms with Crippen molar-refractivity contribution >= 4 is 0 Å². The topological polar surface area (TPSA) is 40.5 Å². The van der Waals surface area contributed by atoms with E-state index in [2.05, 4.69) is 11.8 Å². The largest absolute Gasteiger partial charge is 0.384 e. The Labute approximate surface area is 142 Å². The molecule has 2 nitrogen and oxygen atoms in total. The summed E-state index contributed by atoms with van der Waals surface area (Å²) in [5, 5.41) is 22.1. The summed E-state index contributed by atoms with van der Waals surface area (Å²) in [6.45, 7) is 0. The molecule has 0 saturated carbocycles. The van der Waals surface area contributed by atoms with Crippen molar-refractivity contribution in [3.8, 4) is 11.8 Å². The molecule has 2 N–H and O–H groups in total. The highest BCUT2D eigenvalue weighted by atomic mass is 16.3. The van der Waals surface area contributed by atoms with Crippen LogP contribution in [0.3, 0.4) is 0 Å². The summed E-state index contributed by atoms with van der Waals surface area (Å²) >= 11 is 0. The van der Waals surface area contributed by atoms with Crippen LogP contribution in [-0.2, 0) is 5.60 Å². The van der Waals surface area contributed by atoms with Gasteiger partial charge in [0, 0.05) is 5.56 Å². The van der Waals surface area contributed by atoms with E-state index >= 15 is 0 Å². The molecule has 0 heterocycles. The molecule has 2 heteroatoms. The van der Waals surface area contributed by atoms with Crippen LogP contribution < -0.4 is 0 Å². The van der Waals surface area contributed by atoms with Gasteiger partial charge in [-0.2, -0.15) is 0 Å². The van der Waals surface area contributed by atoms with Gasteiger partial charge in [-0.15, -0.1) is 0 Å². The Hall–Kier alpha value is -2.86. The van der Waals surface area contributed by atoms with Crippen molar-refractivity contribution in [2.75, 3.05) is 0 Å². The molecular formula is C22H18O2. The quantitative estimate of drug-likeness (QED) is 0.724. The van der Waals surface area contributed by atoms with Gasteiger partial charge < -0.3 is 10.2 Å². The monoisotopic (exact) mass is 314 g/mol. The first-order valence-corrected chi connectivity index (χ1v) is 7.79. The van der Waals surface area contributed by atoms with Crippen molar-refractivity contribution in [2.45, 2.75) is 11.7 Å². The molecule has 0 aliphatic heterocycles. The van der Waals surface area contributed by atoms with Crippen molar-refractivity contribution in [1.82, 2.24) is 0 Å². The minimum Gasteiger partial charge on any atom is -0.384 e. The molecule has 0 spiro atoms. The van der Waals surface area contributed by atoms with Crippen LogP contribution in [0.15, 0.2) is 91.0 Å². The Kier molecular flexibility index (Phi) is 4.77. The summed E-state index contributed by atoms with van der Waals surface area (Å²) in [7, 11) is 0. The van der Waals surface area contributed by atoms with Crippen LogP contribution in [0, 0.1) is 11.8 Å². The molecule has 3 aromatic rings. The fourth-order valence-corrected chi connectivity index (χ4v) is 2.56. The van der Waals surface area contributed by atoms with Crippen LogP contribution in [0.25, 0.3) is 0 Å². The molecule has 3 aromatic carbocycles. The highest BCUT2D eigenvalue weighted by molar-refractivity contribution is 5.42. The third-order valence-corrected chi connectivity index (χ3v) is 3.90. The molecule has 0 bridgehead atoms. The summed E-state index contributed by atoms with van der Waals surface area (Å²) < 4.78 is 0. The molecule has 24 heavy (non-hydrogen) atoms. The first-order chi connectivity index (χ1) is 11.7. The first-order valence-electron chi connectivity index (χ1n) is 7.79.